The van der Waals surface area contributed by atoms with E-state index in [9.17, 15) is 18.0 Å². The number of nitrogens with one attached hydrogen (secondary N) is 1. The summed E-state index contributed by atoms with van der Waals surface area (Å²) in [7, 11) is -2.03. The molecule has 2 atom stereocenters. The standard InChI is InChI=1S/C32H40ClN3O5S/c1-5-24(2)34-32(38)30(22-25-11-7-6-8-12-25)35(23-26-13-9-14-29(21-26)41-3)31(37)15-10-20-36(42(4,39)40)28-18-16-27(33)17-19-28/h6-9,11-14,16-19,21,24,30H,5,10,15,20,22-23H2,1-4H3,(H,34,38)/t24-,30+/m0/s1. The molecule has 0 aliphatic carbocycles. The van der Waals surface area contributed by atoms with E-state index >= 15 is 0 Å². The first-order chi connectivity index (χ1) is 20.0. The lowest BCUT2D eigenvalue weighted by Gasteiger charge is -2.33. The lowest BCUT2D eigenvalue weighted by molar-refractivity contribution is -0.141. The molecule has 0 radical (unpaired) electrons. The van der Waals surface area contributed by atoms with Gasteiger partial charge >= 0.3 is 0 Å². The molecule has 3 aromatic carbocycles. The maximum atomic E-state index is 13.9. The highest BCUT2D eigenvalue weighted by molar-refractivity contribution is 7.92. The summed E-state index contributed by atoms with van der Waals surface area (Å²) in [5, 5.41) is 3.55. The van der Waals surface area contributed by atoms with Crippen molar-refractivity contribution in [3.8, 4) is 5.75 Å². The number of halogens is 1. The number of ether oxygens (including phenoxy) is 1. The number of carbonyl (C=O) groups is 2. The normalized spacial score (nSPS) is 12.7. The number of methoxy groups -OCH3 is 1. The summed E-state index contributed by atoms with van der Waals surface area (Å²) in [5.41, 5.74) is 2.21. The zero-order chi connectivity index (χ0) is 30.7. The number of carbonyl (C=O) groups excluding carboxylic acids is 2. The molecule has 42 heavy (non-hydrogen) atoms. The largest absolute Gasteiger partial charge is 0.497 e. The SMILES string of the molecule is CC[C@H](C)NC(=O)[C@@H](Cc1ccccc1)N(Cc1cccc(OC)c1)C(=O)CCCN(c1ccc(Cl)cc1)S(C)(=O)=O. The molecule has 3 aromatic rings. The Morgan fingerprint density at radius 3 is 2.26 bits per heavy atom. The van der Waals surface area contributed by atoms with E-state index in [0.29, 0.717) is 22.9 Å². The van der Waals surface area contributed by atoms with E-state index in [2.05, 4.69) is 5.32 Å². The first-order valence-corrected chi connectivity index (χ1v) is 16.2. The summed E-state index contributed by atoms with van der Waals surface area (Å²) < 4.78 is 31.8. The Kier molecular flexibility index (Phi) is 12.2. The van der Waals surface area contributed by atoms with Crippen LogP contribution in [0.4, 0.5) is 5.69 Å². The second-order valence-electron chi connectivity index (χ2n) is 10.3. The summed E-state index contributed by atoms with van der Waals surface area (Å²) in [6.45, 7) is 4.21. The van der Waals surface area contributed by atoms with Crippen LogP contribution in [0.5, 0.6) is 5.75 Å². The third kappa shape index (κ3) is 9.77. The zero-order valence-electron chi connectivity index (χ0n) is 24.6. The first kappa shape index (κ1) is 32.9. The quantitative estimate of drug-likeness (QED) is 0.246. The van der Waals surface area contributed by atoms with Crippen LogP contribution >= 0.6 is 11.6 Å². The van der Waals surface area contributed by atoms with Crippen LogP contribution in [-0.2, 0) is 32.6 Å². The molecule has 8 nitrogen and oxygen atoms in total. The fraction of sp³-hybridized carbons (Fsp3) is 0.375. The van der Waals surface area contributed by atoms with Crippen molar-refractivity contribution in [3.05, 3.63) is 95.0 Å². The summed E-state index contributed by atoms with van der Waals surface area (Å²) in [4.78, 5) is 29.2. The molecule has 1 N–H and O–H groups in total. The molecule has 10 heteroatoms. The van der Waals surface area contributed by atoms with Crippen molar-refractivity contribution in [2.24, 2.45) is 0 Å². The molecule has 0 fully saturated rings. The molecular weight excluding hydrogens is 574 g/mol. The number of amides is 2. The van der Waals surface area contributed by atoms with Crippen LogP contribution in [0.2, 0.25) is 5.02 Å². The topological polar surface area (TPSA) is 96.0 Å². The zero-order valence-corrected chi connectivity index (χ0v) is 26.2. The summed E-state index contributed by atoms with van der Waals surface area (Å²) in [5.74, 6) is 0.168. The minimum atomic E-state index is -3.60. The van der Waals surface area contributed by atoms with E-state index in [1.54, 1.807) is 36.3 Å². The van der Waals surface area contributed by atoms with Crippen molar-refractivity contribution in [2.75, 3.05) is 24.2 Å². The van der Waals surface area contributed by atoms with Gasteiger partial charge in [0.2, 0.25) is 21.8 Å². The maximum absolute atomic E-state index is 13.9. The predicted octanol–water partition coefficient (Wildman–Crippen LogP) is 5.45. The lowest BCUT2D eigenvalue weighted by Crippen LogP contribution is -2.52. The van der Waals surface area contributed by atoms with Crippen LogP contribution in [0.1, 0.15) is 44.2 Å². The van der Waals surface area contributed by atoms with E-state index in [1.807, 2.05) is 68.4 Å². The van der Waals surface area contributed by atoms with Gasteiger partial charge in [0.15, 0.2) is 0 Å². The van der Waals surface area contributed by atoms with Crippen LogP contribution in [0, 0.1) is 0 Å². The molecule has 2 amide bonds. The molecule has 0 heterocycles. The Hall–Kier alpha value is -3.56. The molecule has 0 aromatic heterocycles. The molecule has 0 aliphatic heterocycles. The second kappa shape index (κ2) is 15.6. The third-order valence-electron chi connectivity index (χ3n) is 7.03. The number of hydrogen-bond acceptors (Lipinski definition) is 5. The third-order valence-corrected chi connectivity index (χ3v) is 8.47. The van der Waals surface area contributed by atoms with Gasteiger partial charge in [0.1, 0.15) is 11.8 Å². The van der Waals surface area contributed by atoms with Crippen LogP contribution in [0.3, 0.4) is 0 Å². The number of nitrogens with zero attached hydrogens (tertiary/aromatic N) is 2. The van der Waals surface area contributed by atoms with Gasteiger partial charge in [0.05, 0.1) is 19.1 Å². The Morgan fingerprint density at radius 1 is 0.976 bits per heavy atom. The molecule has 0 saturated heterocycles. The molecule has 0 bridgehead atoms. The smallest absolute Gasteiger partial charge is 0.243 e. The summed E-state index contributed by atoms with van der Waals surface area (Å²) in [6, 6.07) is 22.7. The van der Waals surface area contributed by atoms with Gasteiger partial charge in [-0.05, 0) is 67.3 Å². The molecule has 226 valence electrons. The van der Waals surface area contributed by atoms with Crippen molar-refractivity contribution >= 4 is 39.1 Å². The summed E-state index contributed by atoms with van der Waals surface area (Å²) in [6.07, 6.45) is 2.52. The fourth-order valence-electron chi connectivity index (χ4n) is 4.57. The van der Waals surface area contributed by atoms with Gasteiger partial charge in [-0.1, -0.05) is 61.0 Å². The molecule has 0 unspecified atom stereocenters. The average Bonchev–Trinajstić information content (AvgIpc) is 2.97. The van der Waals surface area contributed by atoms with Gasteiger partial charge in [-0.15, -0.1) is 0 Å². The molecule has 0 spiro atoms. The minimum absolute atomic E-state index is 0.0471. The van der Waals surface area contributed by atoms with Gasteiger partial charge in [-0.3, -0.25) is 13.9 Å². The Labute approximate surface area is 254 Å². The van der Waals surface area contributed by atoms with Gasteiger partial charge in [-0.25, -0.2) is 8.42 Å². The van der Waals surface area contributed by atoms with Crippen molar-refractivity contribution < 1.29 is 22.7 Å². The fourth-order valence-corrected chi connectivity index (χ4v) is 5.67. The van der Waals surface area contributed by atoms with Gasteiger partial charge in [-0.2, -0.15) is 0 Å². The Morgan fingerprint density at radius 2 is 1.64 bits per heavy atom. The summed E-state index contributed by atoms with van der Waals surface area (Å²) >= 11 is 5.99. The first-order valence-electron chi connectivity index (χ1n) is 14.0. The Balaban J connectivity index is 1.90. The second-order valence-corrected chi connectivity index (χ2v) is 12.7. The molecular formula is C32H40ClN3O5S. The van der Waals surface area contributed by atoms with Crippen molar-refractivity contribution in [1.29, 1.82) is 0 Å². The van der Waals surface area contributed by atoms with Crippen LogP contribution < -0.4 is 14.4 Å². The van der Waals surface area contributed by atoms with Gasteiger partial charge in [0.25, 0.3) is 0 Å². The van der Waals surface area contributed by atoms with E-state index < -0.39 is 16.1 Å². The lowest BCUT2D eigenvalue weighted by atomic mass is 10.0. The van der Waals surface area contributed by atoms with Crippen LogP contribution in [0.25, 0.3) is 0 Å². The van der Waals surface area contributed by atoms with Crippen molar-refractivity contribution in [3.63, 3.8) is 0 Å². The maximum Gasteiger partial charge on any atom is 0.243 e. The highest BCUT2D eigenvalue weighted by Crippen LogP contribution is 2.23. The molecule has 3 rings (SSSR count). The van der Waals surface area contributed by atoms with E-state index in [1.165, 1.54) is 4.31 Å². The monoisotopic (exact) mass is 613 g/mol. The molecule has 0 saturated carbocycles. The van der Waals surface area contributed by atoms with Crippen LogP contribution in [0.15, 0.2) is 78.9 Å². The number of anilines is 1. The average molecular weight is 614 g/mol. The number of benzene rings is 3. The van der Waals surface area contributed by atoms with E-state index in [-0.39, 0.29) is 43.8 Å². The van der Waals surface area contributed by atoms with E-state index in [4.69, 9.17) is 16.3 Å². The highest BCUT2D eigenvalue weighted by Gasteiger charge is 2.31. The number of rotatable bonds is 15. The van der Waals surface area contributed by atoms with Crippen molar-refractivity contribution in [2.45, 2.75) is 58.2 Å². The number of hydrogen-bond donors (Lipinski definition) is 1. The highest BCUT2D eigenvalue weighted by atomic mass is 35.5. The van der Waals surface area contributed by atoms with Gasteiger partial charge in [0, 0.05) is 37.0 Å². The van der Waals surface area contributed by atoms with Crippen LogP contribution in [-0.4, -0.2) is 57.1 Å². The molecule has 0 aliphatic rings. The Bertz CT molecular complexity index is 1420. The van der Waals surface area contributed by atoms with E-state index in [0.717, 1.165) is 23.8 Å². The van der Waals surface area contributed by atoms with Gasteiger partial charge < -0.3 is 15.0 Å². The minimum Gasteiger partial charge on any atom is -0.497 e. The predicted molar refractivity (Wildman–Crippen MR) is 168 cm³/mol. The van der Waals surface area contributed by atoms with Crippen molar-refractivity contribution in [1.82, 2.24) is 10.2 Å². The number of sulfonamides is 1.